The van der Waals surface area contributed by atoms with Gasteiger partial charge in [0.05, 0.1) is 5.75 Å². The summed E-state index contributed by atoms with van der Waals surface area (Å²) >= 11 is 0. The highest BCUT2D eigenvalue weighted by atomic mass is 32.2. The summed E-state index contributed by atoms with van der Waals surface area (Å²) in [5.41, 5.74) is 1.19. The molecule has 2 aliphatic rings. The van der Waals surface area contributed by atoms with Crippen molar-refractivity contribution in [3.8, 4) is 0 Å². The lowest BCUT2D eigenvalue weighted by Crippen LogP contribution is -2.46. The van der Waals surface area contributed by atoms with Gasteiger partial charge in [-0.3, -0.25) is 4.79 Å². The Morgan fingerprint density at radius 1 is 1.19 bits per heavy atom. The molecule has 0 bridgehead atoms. The maximum atomic E-state index is 13.0. The van der Waals surface area contributed by atoms with Crippen LogP contribution >= 0.6 is 0 Å². The molecule has 2 fully saturated rings. The third-order valence-electron chi connectivity index (χ3n) is 5.68. The monoisotopic (exact) mass is 394 g/mol. The minimum absolute atomic E-state index is 0.00314. The van der Waals surface area contributed by atoms with Crippen LogP contribution in [0.25, 0.3) is 0 Å². The molecule has 148 valence electrons. The zero-order valence-electron chi connectivity index (χ0n) is 15.4. The van der Waals surface area contributed by atoms with Gasteiger partial charge in [-0.2, -0.15) is 0 Å². The topological polar surface area (TPSA) is 104 Å². The first-order chi connectivity index (χ1) is 12.8. The lowest BCUT2D eigenvalue weighted by atomic mass is 9.84. The number of rotatable bonds is 6. The highest BCUT2D eigenvalue weighted by Gasteiger charge is 2.47. The van der Waals surface area contributed by atoms with Gasteiger partial charge in [0.15, 0.2) is 0 Å². The van der Waals surface area contributed by atoms with Crippen LogP contribution in [0.4, 0.5) is 0 Å². The molecule has 8 heteroatoms. The molecule has 1 heterocycles. The van der Waals surface area contributed by atoms with Crippen molar-refractivity contribution in [3.63, 3.8) is 0 Å². The summed E-state index contributed by atoms with van der Waals surface area (Å²) in [6.45, 7) is 1.73. The average molecular weight is 394 g/mol. The van der Waals surface area contributed by atoms with Crippen LogP contribution in [0.2, 0.25) is 0 Å². The predicted octanol–water partition coefficient (Wildman–Crippen LogP) is 1.98. The fourth-order valence-electron chi connectivity index (χ4n) is 4.18. The zero-order chi connectivity index (χ0) is 19.6. The van der Waals surface area contributed by atoms with E-state index in [0.29, 0.717) is 12.0 Å². The smallest absolute Gasteiger partial charge is 0.326 e. The molecule has 0 radical (unpaired) electrons. The van der Waals surface area contributed by atoms with E-state index in [1.807, 2.05) is 0 Å². The number of sulfonamides is 1. The predicted molar refractivity (Wildman–Crippen MR) is 101 cm³/mol. The summed E-state index contributed by atoms with van der Waals surface area (Å²) in [5.74, 6) is -0.912. The molecule has 2 N–H and O–H groups in total. The maximum absolute atomic E-state index is 13.0. The number of amides is 1. The minimum atomic E-state index is -3.28. The zero-order valence-corrected chi connectivity index (χ0v) is 16.2. The fourth-order valence-corrected chi connectivity index (χ4v) is 4.77. The van der Waals surface area contributed by atoms with E-state index in [4.69, 9.17) is 0 Å². The number of carbonyl (C=O) groups excluding carboxylic acids is 1. The van der Waals surface area contributed by atoms with Crippen LogP contribution in [0.1, 0.15) is 54.9 Å². The minimum Gasteiger partial charge on any atom is -0.480 e. The molecule has 1 amide bonds. The van der Waals surface area contributed by atoms with E-state index in [1.165, 1.54) is 0 Å². The highest BCUT2D eigenvalue weighted by Crippen LogP contribution is 2.40. The van der Waals surface area contributed by atoms with Crippen LogP contribution in [0.3, 0.4) is 0 Å². The maximum Gasteiger partial charge on any atom is 0.326 e. The highest BCUT2D eigenvalue weighted by molar-refractivity contribution is 7.89. The number of carboxylic acid groups (broad SMARTS) is 1. The molecule has 1 aromatic carbocycles. The largest absolute Gasteiger partial charge is 0.480 e. The molecule has 0 aromatic heterocycles. The van der Waals surface area contributed by atoms with Crippen molar-refractivity contribution >= 4 is 21.9 Å². The number of carbonyl (C=O) groups is 2. The number of hydrogen-bond donors (Lipinski definition) is 2. The van der Waals surface area contributed by atoms with E-state index in [2.05, 4.69) is 4.72 Å². The Labute approximate surface area is 159 Å². The Morgan fingerprint density at radius 3 is 2.48 bits per heavy atom. The first-order valence-corrected chi connectivity index (χ1v) is 11.1. The molecule has 3 rings (SSSR count). The Hall–Kier alpha value is -1.93. The number of aliphatic carboxylic acids is 1. The van der Waals surface area contributed by atoms with Crippen molar-refractivity contribution in [2.45, 2.75) is 57.7 Å². The SMILES string of the molecule is CCS(=O)(=O)NCc1ccc(C(=O)N2C(C(=O)O)CC3CCCCC32)cc1. The molecule has 3 atom stereocenters. The van der Waals surface area contributed by atoms with Gasteiger partial charge in [0, 0.05) is 18.2 Å². The fraction of sp³-hybridized carbons (Fsp3) is 0.579. The van der Waals surface area contributed by atoms with Gasteiger partial charge in [-0.05, 0) is 49.8 Å². The van der Waals surface area contributed by atoms with Crippen molar-refractivity contribution in [2.75, 3.05) is 5.75 Å². The summed E-state index contributed by atoms with van der Waals surface area (Å²) in [7, 11) is -3.28. The summed E-state index contributed by atoms with van der Waals surface area (Å²) in [4.78, 5) is 26.3. The molecule has 1 saturated heterocycles. The average Bonchev–Trinajstić information content (AvgIpc) is 3.06. The second-order valence-electron chi connectivity index (χ2n) is 7.34. The summed E-state index contributed by atoms with van der Waals surface area (Å²) in [6.07, 6.45) is 4.49. The number of hydrogen-bond acceptors (Lipinski definition) is 4. The van der Waals surface area contributed by atoms with E-state index in [-0.39, 0.29) is 30.2 Å². The molecule has 1 aliphatic carbocycles. The van der Waals surface area contributed by atoms with Gasteiger partial charge in [0.1, 0.15) is 6.04 Å². The molecule has 1 saturated carbocycles. The third kappa shape index (κ3) is 4.32. The van der Waals surface area contributed by atoms with E-state index in [1.54, 1.807) is 36.1 Å². The van der Waals surface area contributed by atoms with Crippen molar-refractivity contribution in [1.82, 2.24) is 9.62 Å². The summed E-state index contributed by atoms with van der Waals surface area (Å²) in [5, 5.41) is 9.58. The second-order valence-corrected chi connectivity index (χ2v) is 9.43. The standard InChI is InChI=1S/C19H26N2O5S/c1-2-27(25,26)20-12-13-7-9-14(10-8-13)18(22)21-16-6-4-3-5-15(16)11-17(21)19(23)24/h7-10,15-17,20H,2-6,11-12H2,1H3,(H,23,24). The molecule has 27 heavy (non-hydrogen) atoms. The van der Waals surface area contributed by atoms with E-state index in [9.17, 15) is 23.1 Å². The van der Waals surface area contributed by atoms with Crippen LogP contribution in [0.5, 0.6) is 0 Å². The normalized spacial score (nSPS) is 25.2. The quantitative estimate of drug-likeness (QED) is 0.768. The van der Waals surface area contributed by atoms with Gasteiger partial charge in [0.2, 0.25) is 10.0 Å². The molecular weight excluding hydrogens is 368 g/mol. The third-order valence-corrected chi connectivity index (χ3v) is 7.03. The van der Waals surface area contributed by atoms with Crippen LogP contribution in [0, 0.1) is 5.92 Å². The van der Waals surface area contributed by atoms with Crippen LogP contribution in [-0.4, -0.2) is 48.1 Å². The molecule has 1 aliphatic heterocycles. The Balaban J connectivity index is 1.75. The van der Waals surface area contributed by atoms with Crippen molar-refractivity contribution in [3.05, 3.63) is 35.4 Å². The van der Waals surface area contributed by atoms with Crippen LogP contribution < -0.4 is 4.72 Å². The Bertz CT molecular complexity index is 806. The van der Waals surface area contributed by atoms with Gasteiger partial charge in [-0.15, -0.1) is 0 Å². The van der Waals surface area contributed by atoms with Gasteiger partial charge in [-0.25, -0.2) is 17.9 Å². The number of carboxylic acids is 1. The Morgan fingerprint density at radius 2 is 1.85 bits per heavy atom. The lowest BCUT2D eigenvalue weighted by molar-refractivity contribution is -0.141. The van der Waals surface area contributed by atoms with Gasteiger partial charge in [0.25, 0.3) is 5.91 Å². The van der Waals surface area contributed by atoms with Gasteiger partial charge < -0.3 is 10.0 Å². The van der Waals surface area contributed by atoms with E-state index < -0.39 is 22.0 Å². The molecular formula is C19H26N2O5S. The van der Waals surface area contributed by atoms with E-state index in [0.717, 1.165) is 31.2 Å². The van der Waals surface area contributed by atoms with E-state index >= 15 is 0 Å². The van der Waals surface area contributed by atoms with Crippen LogP contribution in [-0.2, 0) is 21.4 Å². The number of nitrogens with one attached hydrogen (secondary N) is 1. The summed E-state index contributed by atoms with van der Waals surface area (Å²) in [6, 6.07) is 5.94. The molecule has 1 aromatic rings. The first-order valence-electron chi connectivity index (χ1n) is 9.44. The van der Waals surface area contributed by atoms with Crippen molar-refractivity contribution < 1.29 is 23.1 Å². The van der Waals surface area contributed by atoms with Crippen LogP contribution in [0.15, 0.2) is 24.3 Å². The summed E-state index contributed by atoms with van der Waals surface area (Å²) < 4.78 is 25.5. The first kappa shape index (κ1) is 19.8. The second kappa shape index (κ2) is 7.98. The lowest BCUT2D eigenvalue weighted by Gasteiger charge is -2.33. The number of benzene rings is 1. The number of likely N-dealkylation sites (tertiary alicyclic amines) is 1. The van der Waals surface area contributed by atoms with Crippen molar-refractivity contribution in [1.29, 1.82) is 0 Å². The van der Waals surface area contributed by atoms with Gasteiger partial charge >= 0.3 is 5.97 Å². The number of fused-ring (bicyclic) bond motifs is 1. The van der Waals surface area contributed by atoms with Crippen molar-refractivity contribution in [2.24, 2.45) is 5.92 Å². The molecule has 3 unspecified atom stereocenters. The number of nitrogens with zero attached hydrogens (tertiary/aromatic N) is 1. The molecule has 0 spiro atoms. The molecule has 7 nitrogen and oxygen atoms in total. The van der Waals surface area contributed by atoms with Gasteiger partial charge in [-0.1, -0.05) is 25.0 Å². The Kier molecular flexibility index (Phi) is 5.86.